The Morgan fingerprint density at radius 3 is 2.94 bits per heavy atom. The van der Waals surface area contributed by atoms with Gasteiger partial charge in [0.25, 0.3) is 0 Å². The van der Waals surface area contributed by atoms with E-state index in [2.05, 4.69) is 46.6 Å². The van der Waals surface area contributed by atoms with Crippen molar-refractivity contribution in [3.05, 3.63) is 34.2 Å². The van der Waals surface area contributed by atoms with Crippen molar-refractivity contribution in [3.8, 4) is 0 Å². The van der Waals surface area contributed by atoms with Gasteiger partial charge in [-0.2, -0.15) is 0 Å². The van der Waals surface area contributed by atoms with Crippen LogP contribution in [-0.4, -0.2) is 16.5 Å². The summed E-state index contributed by atoms with van der Waals surface area (Å²) in [5.74, 6) is 1.44. The Labute approximate surface area is 117 Å². The van der Waals surface area contributed by atoms with Crippen molar-refractivity contribution in [2.45, 2.75) is 25.4 Å². The van der Waals surface area contributed by atoms with Crippen molar-refractivity contribution >= 4 is 29.8 Å². The standard InChI is InChI=1S/C13H16N3S2/c1-9(2)7-14-12-10(8-15-13(17)16-12)6-11-4-3-5-18-11/h3-5,8-9H,6-7H2,1-2H3,(H,14,15,16). The Bertz CT molecular complexity index is 495. The van der Waals surface area contributed by atoms with E-state index < -0.39 is 0 Å². The highest BCUT2D eigenvalue weighted by atomic mass is 32.1. The maximum Gasteiger partial charge on any atom is 0.221 e. The summed E-state index contributed by atoms with van der Waals surface area (Å²) in [6.07, 6.45) is 2.69. The van der Waals surface area contributed by atoms with Gasteiger partial charge in [-0.25, -0.2) is 9.97 Å². The zero-order valence-electron chi connectivity index (χ0n) is 10.5. The van der Waals surface area contributed by atoms with Crippen LogP contribution < -0.4 is 5.32 Å². The lowest BCUT2D eigenvalue weighted by molar-refractivity contribution is 0.684. The van der Waals surface area contributed by atoms with Crippen molar-refractivity contribution in [2.75, 3.05) is 11.9 Å². The van der Waals surface area contributed by atoms with Crippen LogP contribution in [0, 0.1) is 5.92 Å². The molecule has 0 aliphatic rings. The maximum atomic E-state index is 5.03. The third-order valence-corrected chi connectivity index (χ3v) is 3.54. The van der Waals surface area contributed by atoms with E-state index in [0.29, 0.717) is 11.1 Å². The van der Waals surface area contributed by atoms with Gasteiger partial charge in [-0.3, -0.25) is 0 Å². The molecule has 0 aliphatic carbocycles. The molecule has 1 N–H and O–H groups in total. The first-order valence-corrected chi connectivity index (χ1v) is 7.23. The highest BCUT2D eigenvalue weighted by Crippen LogP contribution is 2.20. The molecule has 0 atom stereocenters. The minimum atomic E-state index is 0.399. The van der Waals surface area contributed by atoms with Crippen LogP contribution in [-0.2, 0) is 6.42 Å². The summed E-state index contributed by atoms with van der Waals surface area (Å²) in [6, 6.07) is 4.18. The Morgan fingerprint density at radius 2 is 2.28 bits per heavy atom. The summed E-state index contributed by atoms with van der Waals surface area (Å²) in [7, 11) is 0. The molecule has 0 amide bonds. The average molecular weight is 278 g/mol. The quantitative estimate of drug-likeness (QED) is 0.846. The van der Waals surface area contributed by atoms with Gasteiger partial charge in [-0.1, -0.05) is 19.9 Å². The van der Waals surface area contributed by atoms with Crippen molar-refractivity contribution < 1.29 is 0 Å². The number of anilines is 1. The molecule has 0 aromatic carbocycles. The second kappa shape index (κ2) is 6.11. The van der Waals surface area contributed by atoms with Crippen molar-refractivity contribution in [1.29, 1.82) is 0 Å². The molecular weight excluding hydrogens is 262 g/mol. The Balaban J connectivity index is 2.17. The van der Waals surface area contributed by atoms with Gasteiger partial charge in [0.1, 0.15) is 5.82 Å². The van der Waals surface area contributed by atoms with E-state index in [0.717, 1.165) is 24.3 Å². The molecule has 0 saturated heterocycles. The molecule has 0 aliphatic heterocycles. The first kappa shape index (κ1) is 13.2. The number of hydrogen-bond donors (Lipinski definition) is 1. The number of thiophene rings is 1. The molecule has 0 fully saturated rings. The number of aromatic nitrogens is 2. The summed E-state index contributed by atoms with van der Waals surface area (Å²) >= 11 is 6.77. The predicted octanol–water partition coefficient (Wildman–Crippen LogP) is 3.75. The summed E-state index contributed by atoms with van der Waals surface area (Å²) in [5.41, 5.74) is 1.10. The van der Waals surface area contributed by atoms with Crippen molar-refractivity contribution in [3.63, 3.8) is 0 Å². The lowest BCUT2D eigenvalue weighted by Crippen LogP contribution is -2.12. The van der Waals surface area contributed by atoms with E-state index in [1.165, 1.54) is 4.88 Å². The van der Waals surface area contributed by atoms with Gasteiger partial charge >= 0.3 is 0 Å². The second-order valence-corrected chi connectivity index (χ2v) is 5.95. The van der Waals surface area contributed by atoms with Crippen LogP contribution in [0.5, 0.6) is 0 Å². The zero-order chi connectivity index (χ0) is 13.0. The summed E-state index contributed by atoms with van der Waals surface area (Å²) in [4.78, 5) is 9.75. The maximum absolute atomic E-state index is 5.03. The fraction of sp³-hybridized carbons (Fsp3) is 0.385. The molecule has 0 unspecified atom stereocenters. The Hall–Kier alpha value is -1.20. The van der Waals surface area contributed by atoms with Gasteiger partial charge in [0.05, 0.1) is 0 Å². The average Bonchev–Trinajstić information content (AvgIpc) is 2.82. The monoisotopic (exact) mass is 278 g/mol. The topological polar surface area (TPSA) is 37.8 Å². The van der Waals surface area contributed by atoms with E-state index in [9.17, 15) is 0 Å². The number of rotatable bonds is 5. The highest BCUT2D eigenvalue weighted by molar-refractivity contribution is 7.80. The fourth-order valence-electron chi connectivity index (χ4n) is 1.57. The van der Waals surface area contributed by atoms with E-state index >= 15 is 0 Å². The number of nitrogens with one attached hydrogen (secondary N) is 1. The van der Waals surface area contributed by atoms with E-state index in [4.69, 9.17) is 12.6 Å². The molecule has 2 heterocycles. The molecule has 95 valence electrons. The minimum absolute atomic E-state index is 0.399. The third-order valence-electron chi connectivity index (χ3n) is 2.46. The van der Waals surface area contributed by atoms with Gasteiger partial charge < -0.3 is 5.32 Å². The van der Waals surface area contributed by atoms with Gasteiger partial charge in [-0.05, 0) is 30.0 Å². The molecule has 0 saturated carbocycles. The van der Waals surface area contributed by atoms with Crippen LogP contribution in [0.15, 0.2) is 28.9 Å². The molecule has 2 aromatic heterocycles. The normalized spacial score (nSPS) is 10.8. The number of hydrogen-bond acceptors (Lipinski definition) is 4. The fourth-order valence-corrected chi connectivity index (χ4v) is 2.45. The van der Waals surface area contributed by atoms with Gasteiger partial charge in [-0.15, -0.1) is 11.3 Å². The molecule has 5 heteroatoms. The molecule has 0 spiro atoms. The molecule has 2 aromatic rings. The minimum Gasteiger partial charge on any atom is -0.369 e. The summed E-state index contributed by atoms with van der Waals surface area (Å²) < 4.78 is 0. The third kappa shape index (κ3) is 3.65. The molecular formula is C13H16N3S2. The predicted molar refractivity (Wildman–Crippen MR) is 78.3 cm³/mol. The van der Waals surface area contributed by atoms with Gasteiger partial charge in [0.15, 0.2) is 0 Å². The molecule has 2 rings (SSSR count). The van der Waals surface area contributed by atoms with Crippen LogP contribution in [0.2, 0.25) is 0 Å². The second-order valence-electron chi connectivity index (χ2n) is 4.56. The van der Waals surface area contributed by atoms with Crippen LogP contribution in [0.25, 0.3) is 0 Å². The lowest BCUT2D eigenvalue weighted by atomic mass is 10.2. The molecule has 1 radical (unpaired) electrons. The molecule has 3 nitrogen and oxygen atoms in total. The SMILES string of the molecule is CC(C)CNc1nc([S])ncc1Cc1cccs1. The Kier molecular flexibility index (Phi) is 4.49. The van der Waals surface area contributed by atoms with Gasteiger partial charge in [0.2, 0.25) is 5.16 Å². The van der Waals surface area contributed by atoms with Crippen LogP contribution in [0.3, 0.4) is 0 Å². The molecule has 0 bridgehead atoms. The lowest BCUT2D eigenvalue weighted by Gasteiger charge is -2.12. The smallest absolute Gasteiger partial charge is 0.221 e. The van der Waals surface area contributed by atoms with Crippen LogP contribution in [0.4, 0.5) is 5.82 Å². The van der Waals surface area contributed by atoms with E-state index in [1.807, 2.05) is 6.20 Å². The number of nitrogens with zero attached hydrogens (tertiary/aromatic N) is 2. The van der Waals surface area contributed by atoms with E-state index in [1.54, 1.807) is 11.3 Å². The highest BCUT2D eigenvalue weighted by Gasteiger charge is 2.08. The first-order valence-electron chi connectivity index (χ1n) is 5.94. The zero-order valence-corrected chi connectivity index (χ0v) is 12.1. The molecule has 18 heavy (non-hydrogen) atoms. The van der Waals surface area contributed by atoms with Crippen LogP contribution >= 0.6 is 24.0 Å². The van der Waals surface area contributed by atoms with Crippen molar-refractivity contribution in [1.82, 2.24) is 9.97 Å². The first-order chi connectivity index (χ1) is 8.65. The van der Waals surface area contributed by atoms with Gasteiger partial charge in [0, 0.05) is 29.6 Å². The summed E-state index contributed by atoms with van der Waals surface area (Å²) in [6.45, 7) is 5.23. The summed E-state index contributed by atoms with van der Waals surface area (Å²) in [5, 5.41) is 5.83. The van der Waals surface area contributed by atoms with Crippen LogP contribution in [0.1, 0.15) is 24.3 Å². The Morgan fingerprint density at radius 1 is 1.44 bits per heavy atom. The largest absolute Gasteiger partial charge is 0.369 e. The van der Waals surface area contributed by atoms with Crippen molar-refractivity contribution in [2.24, 2.45) is 5.92 Å². The van der Waals surface area contributed by atoms with E-state index in [-0.39, 0.29) is 0 Å².